The van der Waals surface area contributed by atoms with E-state index in [2.05, 4.69) is 20.8 Å². The van der Waals surface area contributed by atoms with Crippen molar-refractivity contribution >= 4 is 40.0 Å². The Balaban J connectivity index is 1.98. The van der Waals surface area contributed by atoms with Crippen molar-refractivity contribution in [2.75, 3.05) is 29.5 Å². The maximum Gasteiger partial charge on any atom is 0.416 e. The van der Waals surface area contributed by atoms with Crippen molar-refractivity contribution < 1.29 is 32.2 Å². The summed E-state index contributed by atoms with van der Waals surface area (Å²) in [5.41, 5.74) is 5.97. The number of alkyl carbamates (subject to hydrolysis) is 1. The first kappa shape index (κ1) is 33.4. The van der Waals surface area contributed by atoms with Gasteiger partial charge < -0.3 is 25.8 Å². The van der Waals surface area contributed by atoms with Gasteiger partial charge >= 0.3 is 18.4 Å². The lowest BCUT2D eigenvalue weighted by Crippen LogP contribution is -2.49. The highest BCUT2D eigenvalue weighted by molar-refractivity contribution is 7.18. The van der Waals surface area contributed by atoms with E-state index in [9.17, 15) is 22.8 Å². The molecule has 0 spiro atoms. The van der Waals surface area contributed by atoms with Crippen LogP contribution >= 0.6 is 11.3 Å². The maximum absolute atomic E-state index is 13.5. The molecule has 0 radical (unpaired) electrons. The van der Waals surface area contributed by atoms with Gasteiger partial charge in [-0.15, -0.1) is 10.2 Å². The predicted octanol–water partition coefficient (Wildman–Crippen LogP) is 6.73. The topological polar surface area (TPSA) is 132 Å². The third kappa shape index (κ3) is 10.0. The number of ether oxygens (including phenoxy) is 2. The van der Waals surface area contributed by atoms with Crippen LogP contribution in [0.15, 0.2) is 42.5 Å². The standard InChI is InChI=1S/C29H37F3N6O4S/c1-27(2,3)41-25(39)35-20(14-17-8-11-19(12-9-17)29(30,31)32)16-38(26(40)42-28(4,5)6)24-37-36-23(43-24)18-10-13-21(33)22(15-18)34-7/h8-13,15,20,34H,14,16,33H2,1-7H3,(H,35,39)/t20-/m1/s1. The zero-order valence-electron chi connectivity index (χ0n) is 25.1. The number of carbonyl (C=O) groups is 2. The third-order valence-electron chi connectivity index (χ3n) is 5.72. The van der Waals surface area contributed by atoms with Gasteiger partial charge in [0.15, 0.2) is 0 Å². The van der Waals surface area contributed by atoms with Crippen LogP contribution in [0.2, 0.25) is 0 Å². The number of nitrogen functional groups attached to an aromatic ring is 1. The molecule has 2 aromatic carbocycles. The molecule has 3 aromatic rings. The molecule has 0 fully saturated rings. The first-order chi connectivity index (χ1) is 19.8. The molecule has 234 valence electrons. The molecule has 0 saturated heterocycles. The number of rotatable bonds is 8. The molecule has 0 aliphatic carbocycles. The van der Waals surface area contributed by atoms with Crippen molar-refractivity contribution in [1.82, 2.24) is 15.5 Å². The first-order valence-corrected chi connectivity index (χ1v) is 14.2. The molecule has 1 heterocycles. The smallest absolute Gasteiger partial charge is 0.416 e. The van der Waals surface area contributed by atoms with Crippen LogP contribution in [-0.4, -0.2) is 53.2 Å². The second-order valence-electron chi connectivity index (χ2n) is 11.8. The van der Waals surface area contributed by atoms with E-state index in [1.165, 1.54) is 17.0 Å². The molecule has 43 heavy (non-hydrogen) atoms. The lowest BCUT2D eigenvalue weighted by atomic mass is 10.0. The molecule has 0 aliphatic rings. The Morgan fingerprint density at radius 3 is 2.16 bits per heavy atom. The summed E-state index contributed by atoms with van der Waals surface area (Å²) in [5.74, 6) is 0. The second-order valence-corrected chi connectivity index (χ2v) is 12.7. The molecule has 1 aromatic heterocycles. The molecule has 14 heteroatoms. The molecule has 4 N–H and O–H groups in total. The Morgan fingerprint density at radius 1 is 0.977 bits per heavy atom. The zero-order chi connectivity index (χ0) is 32.2. The number of nitrogens with zero attached hydrogens (tertiary/aromatic N) is 3. The van der Waals surface area contributed by atoms with E-state index in [0.717, 1.165) is 23.5 Å². The minimum atomic E-state index is -4.49. The number of aromatic nitrogens is 2. The number of nitrogens with one attached hydrogen (secondary N) is 2. The van der Waals surface area contributed by atoms with Crippen molar-refractivity contribution in [1.29, 1.82) is 0 Å². The van der Waals surface area contributed by atoms with Crippen LogP contribution in [0, 0.1) is 0 Å². The highest BCUT2D eigenvalue weighted by atomic mass is 32.1. The number of benzene rings is 2. The van der Waals surface area contributed by atoms with E-state index in [1.807, 2.05) is 0 Å². The summed E-state index contributed by atoms with van der Waals surface area (Å²) in [7, 11) is 1.74. The van der Waals surface area contributed by atoms with Gasteiger partial charge in [-0.25, -0.2) is 14.5 Å². The lowest BCUT2D eigenvalue weighted by Gasteiger charge is -2.29. The van der Waals surface area contributed by atoms with Crippen LogP contribution in [0.3, 0.4) is 0 Å². The number of halogens is 3. The minimum absolute atomic E-state index is 0.0752. The highest BCUT2D eigenvalue weighted by Gasteiger charge is 2.32. The van der Waals surface area contributed by atoms with Crippen molar-refractivity contribution in [2.24, 2.45) is 0 Å². The second kappa shape index (κ2) is 13.1. The fourth-order valence-electron chi connectivity index (χ4n) is 3.86. The van der Waals surface area contributed by atoms with E-state index < -0.39 is 41.2 Å². The Labute approximate surface area is 252 Å². The van der Waals surface area contributed by atoms with E-state index in [-0.39, 0.29) is 18.1 Å². The van der Waals surface area contributed by atoms with Gasteiger partial charge in [0, 0.05) is 12.6 Å². The van der Waals surface area contributed by atoms with Crippen LogP contribution < -0.4 is 21.3 Å². The molecule has 0 aliphatic heterocycles. The summed E-state index contributed by atoms with van der Waals surface area (Å²) in [6.07, 6.45) is -5.92. The SMILES string of the molecule is CNc1cc(-c2nnc(N(C[C@@H](Cc3ccc(C(F)(F)F)cc3)NC(=O)OC(C)(C)C)C(=O)OC(C)(C)C)s2)ccc1N. The Kier molecular flexibility index (Phi) is 10.2. The summed E-state index contributed by atoms with van der Waals surface area (Å²) < 4.78 is 50.4. The van der Waals surface area contributed by atoms with Gasteiger partial charge in [0.25, 0.3) is 0 Å². The van der Waals surface area contributed by atoms with Crippen molar-refractivity contribution in [3.63, 3.8) is 0 Å². The van der Waals surface area contributed by atoms with Crippen LogP contribution in [0.25, 0.3) is 10.6 Å². The number of hydrogen-bond donors (Lipinski definition) is 3. The van der Waals surface area contributed by atoms with Crippen molar-refractivity contribution in [3.05, 3.63) is 53.6 Å². The minimum Gasteiger partial charge on any atom is -0.444 e. The molecule has 3 rings (SSSR count). The quantitative estimate of drug-likeness (QED) is 0.236. The maximum atomic E-state index is 13.5. The van der Waals surface area contributed by atoms with Gasteiger partial charge in [-0.1, -0.05) is 23.5 Å². The number of carbonyl (C=O) groups excluding carboxylic acids is 2. The van der Waals surface area contributed by atoms with Gasteiger partial charge in [0.05, 0.1) is 29.5 Å². The van der Waals surface area contributed by atoms with Gasteiger partial charge in [-0.2, -0.15) is 13.2 Å². The van der Waals surface area contributed by atoms with Gasteiger partial charge in [-0.3, -0.25) is 0 Å². The summed E-state index contributed by atoms with van der Waals surface area (Å²) in [5, 5.41) is 14.9. The van der Waals surface area contributed by atoms with Crippen LogP contribution in [0.5, 0.6) is 0 Å². The van der Waals surface area contributed by atoms with Crippen LogP contribution in [0.4, 0.5) is 39.3 Å². The van der Waals surface area contributed by atoms with Crippen LogP contribution in [-0.2, 0) is 22.1 Å². The van der Waals surface area contributed by atoms with Crippen molar-refractivity contribution in [3.8, 4) is 10.6 Å². The average molecular weight is 623 g/mol. The van der Waals surface area contributed by atoms with E-state index in [1.54, 1.807) is 66.8 Å². The molecular weight excluding hydrogens is 585 g/mol. The van der Waals surface area contributed by atoms with Gasteiger partial charge in [0.1, 0.15) is 16.2 Å². The monoisotopic (exact) mass is 622 g/mol. The normalized spacial score (nSPS) is 12.8. The number of alkyl halides is 3. The number of hydrogen-bond acceptors (Lipinski definition) is 9. The average Bonchev–Trinajstić information content (AvgIpc) is 3.35. The lowest BCUT2D eigenvalue weighted by molar-refractivity contribution is -0.137. The molecule has 0 unspecified atom stereocenters. The van der Waals surface area contributed by atoms with E-state index in [0.29, 0.717) is 27.5 Å². The van der Waals surface area contributed by atoms with Crippen molar-refractivity contribution in [2.45, 2.75) is 71.4 Å². The van der Waals surface area contributed by atoms with Gasteiger partial charge in [-0.05, 0) is 83.9 Å². The fourth-order valence-corrected chi connectivity index (χ4v) is 4.71. The van der Waals surface area contributed by atoms with E-state index >= 15 is 0 Å². The molecule has 0 saturated carbocycles. The molecule has 0 bridgehead atoms. The largest absolute Gasteiger partial charge is 0.444 e. The molecule has 2 amide bonds. The molecule has 10 nitrogen and oxygen atoms in total. The summed E-state index contributed by atoms with van der Waals surface area (Å²) in [4.78, 5) is 27.5. The Bertz CT molecular complexity index is 1420. The van der Waals surface area contributed by atoms with Gasteiger partial charge in [0.2, 0.25) is 5.13 Å². The first-order valence-electron chi connectivity index (χ1n) is 13.4. The summed E-state index contributed by atoms with van der Waals surface area (Å²) in [6.45, 7) is 10.1. The summed E-state index contributed by atoms with van der Waals surface area (Å²) >= 11 is 1.12. The predicted molar refractivity (Wildman–Crippen MR) is 161 cm³/mol. The fraction of sp³-hybridized carbons (Fsp3) is 0.448. The molecule has 1 atom stereocenters. The van der Waals surface area contributed by atoms with E-state index in [4.69, 9.17) is 15.2 Å². The Morgan fingerprint density at radius 2 is 1.60 bits per heavy atom. The molecular formula is C29H37F3N6O4S. The number of anilines is 3. The third-order valence-corrected chi connectivity index (χ3v) is 6.71. The van der Waals surface area contributed by atoms with Crippen LogP contribution in [0.1, 0.15) is 52.7 Å². The zero-order valence-corrected chi connectivity index (χ0v) is 25.9. The number of nitrogens with two attached hydrogens (primary N) is 1. The Hall–Kier alpha value is -4.07. The highest BCUT2D eigenvalue weighted by Crippen LogP contribution is 2.33. The number of amides is 2. The summed E-state index contributed by atoms with van der Waals surface area (Å²) in [6, 6.07) is 9.08.